The van der Waals surface area contributed by atoms with Gasteiger partial charge in [0.1, 0.15) is 11.2 Å². The van der Waals surface area contributed by atoms with Gasteiger partial charge in [0.2, 0.25) is 11.8 Å². The van der Waals surface area contributed by atoms with Crippen molar-refractivity contribution in [2.24, 2.45) is 0 Å². The third-order valence-corrected chi connectivity index (χ3v) is 7.12. The number of carbonyl (C=O) groups excluding carboxylic acids is 3. The molecule has 170 valence electrons. The molecule has 2 saturated heterocycles. The fourth-order valence-corrected chi connectivity index (χ4v) is 4.93. The summed E-state index contributed by atoms with van der Waals surface area (Å²) in [5.74, 6) is -1.25. The third-order valence-electron chi connectivity index (χ3n) is 7.12. The monoisotopic (exact) mass is 440 g/mol. The summed E-state index contributed by atoms with van der Waals surface area (Å²) in [5, 5.41) is 3.73. The van der Waals surface area contributed by atoms with Crippen molar-refractivity contribution in [2.75, 3.05) is 39.9 Å². The molecule has 32 heavy (non-hydrogen) atoms. The molecule has 3 aliphatic heterocycles. The molecule has 3 amide bonds. The van der Waals surface area contributed by atoms with E-state index in [0.29, 0.717) is 51.4 Å². The molecule has 1 N–H and O–H groups in total. The molecule has 0 unspecified atom stereocenters. The lowest BCUT2D eigenvalue weighted by atomic mass is 9.95. The average Bonchev–Trinajstić information content (AvgIpc) is 3.41. The van der Waals surface area contributed by atoms with Gasteiger partial charge in [-0.15, -0.1) is 0 Å². The zero-order valence-corrected chi connectivity index (χ0v) is 18.4. The van der Waals surface area contributed by atoms with Gasteiger partial charge in [0.05, 0.1) is 26.3 Å². The summed E-state index contributed by atoms with van der Waals surface area (Å²) in [7, 11) is 1.64. The molecule has 9 nitrogen and oxygen atoms in total. The summed E-state index contributed by atoms with van der Waals surface area (Å²) in [5.41, 5.74) is 0.371. The number of amides is 3. The van der Waals surface area contributed by atoms with Crippen molar-refractivity contribution in [1.82, 2.24) is 19.7 Å². The summed E-state index contributed by atoms with van der Waals surface area (Å²) < 4.78 is 13.3. The molecule has 1 spiro atoms. The molecule has 2 aromatic rings. The molecule has 1 aromatic heterocycles. The summed E-state index contributed by atoms with van der Waals surface area (Å²) >= 11 is 0. The molecular weight excluding hydrogens is 412 g/mol. The number of benzene rings is 1. The highest BCUT2D eigenvalue weighted by Crippen LogP contribution is 2.32. The van der Waals surface area contributed by atoms with Gasteiger partial charge < -0.3 is 29.2 Å². The Morgan fingerprint density at radius 3 is 2.53 bits per heavy atom. The third kappa shape index (κ3) is 3.27. The maximum Gasteiger partial charge on any atom is 0.271 e. The Morgan fingerprint density at radius 1 is 1.12 bits per heavy atom. The predicted octanol–water partition coefficient (Wildman–Crippen LogP) is 0.967. The first-order valence-electron chi connectivity index (χ1n) is 11.0. The number of para-hydroxylation sites is 1. The number of likely N-dealkylation sites (N-methyl/N-ethyl adjacent to an activating group) is 1. The number of hydrogen-bond donors (Lipinski definition) is 1. The molecule has 9 heteroatoms. The summed E-state index contributed by atoms with van der Waals surface area (Å²) in [6, 6.07) is 9.59. The van der Waals surface area contributed by atoms with E-state index in [4.69, 9.17) is 9.47 Å². The van der Waals surface area contributed by atoms with Crippen LogP contribution in [0.5, 0.6) is 0 Å². The maximum atomic E-state index is 13.2. The van der Waals surface area contributed by atoms with Crippen LogP contribution in [-0.2, 0) is 25.6 Å². The van der Waals surface area contributed by atoms with Crippen LogP contribution in [0.4, 0.5) is 0 Å². The van der Waals surface area contributed by atoms with E-state index in [1.807, 2.05) is 34.9 Å². The number of nitrogens with one attached hydrogen (secondary N) is 1. The Balaban J connectivity index is 1.26. The molecule has 0 saturated carbocycles. The van der Waals surface area contributed by atoms with Crippen LogP contribution in [-0.4, -0.2) is 83.3 Å². The van der Waals surface area contributed by atoms with E-state index in [1.54, 1.807) is 18.9 Å². The second kappa shape index (κ2) is 7.60. The van der Waals surface area contributed by atoms with E-state index in [1.165, 1.54) is 4.90 Å². The Bertz CT molecular complexity index is 1080. The normalized spacial score (nSPS) is 24.8. The first-order chi connectivity index (χ1) is 15.3. The van der Waals surface area contributed by atoms with Crippen molar-refractivity contribution >= 4 is 28.6 Å². The summed E-state index contributed by atoms with van der Waals surface area (Å²) in [6.07, 6.45) is 1.26. The zero-order chi connectivity index (χ0) is 22.5. The molecule has 3 aliphatic rings. The van der Waals surface area contributed by atoms with Crippen LogP contribution in [0.15, 0.2) is 30.3 Å². The highest BCUT2D eigenvalue weighted by Gasteiger charge is 2.46. The molecule has 4 heterocycles. The van der Waals surface area contributed by atoms with Crippen molar-refractivity contribution in [3.05, 3.63) is 36.0 Å². The van der Waals surface area contributed by atoms with Gasteiger partial charge in [-0.3, -0.25) is 14.4 Å². The number of ether oxygens (including phenoxy) is 2. The van der Waals surface area contributed by atoms with Crippen LogP contribution in [0.3, 0.4) is 0 Å². The largest absolute Gasteiger partial charge is 0.347 e. The van der Waals surface area contributed by atoms with Crippen LogP contribution in [0.25, 0.3) is 10.9 Å². The molecule has 2 fully saturated rings. The van der Waals surface area contributed by atoms with E-state index in [2.05, 4.69) is 5.32 Å². The molecule has 0 radical (unpaired) electrons. The van der Waals surface area contributed by atoms with Gasteiger partial charge in [0, 0.05) is 43.9 Å². The van der Waals surface area contributed by atoms with Crippen LogP contribution in [0, 0.1) is 0 Å². The number of aromatic nitrogens is 1. The van der Waals surface area contributed by atoms with Gasteiger partial charge in [-0.25, -0.2) is 0 Å². The lowest BCUT2D eigenvalue weighted by Gasteiger charge is -2.42. The highest BCUT2D eigenvalue weighted by atomic mass is 16.7. The molecule has 5 rings (SSSR count). The van der Waals surface area contributed by atoms with Gasteiger partial charge in [0.15, 0.2) is 5.79 Å². The van der Waals surface area contributed by atoms with Crippen molar-refractivity contribution in [1.29, 1.82) is 0 Å². The Labute approximate surface area is 186 Å². The van der Waals surface area contributed by atoms with Gasteiger partial charge in [-0.05, 0) is 19.1 Å². The van der Waals surface area contributed by atoms with Crippen LogP contribution >= 0.6 is 0 Å². The topological polar surface area (TPSA) is 93.1 Å². The second-order valence-corrected chi connectivity index (χ2v) is 8.98. The van der Waals surface area contributed by atoms with Crippen LogP contribution in [0.1, 0.15) is 30.3 Å². The molecule has 0 bridgehead atoms. The lowest BCUT2D eigenvalue weighted by molar-refractivity contribution is -0.187. The predicted molar refractivity (Wildman–Crippen MR) is 116 cm³/mol. The lowest BCUT2D eigenvalue weighted by Crippen LogP contribution is -2.63. The number of carbonyl (C=O) groups is 3. The van der Waals surface area contributed by atoms with Gasteiger partial charge >= 0.3 is 0 Å². The Morgan fingerprint density at radius 2 is 1.81 bits per heavy atom. The Kier molecular flexibility index (Phi) is 4.98. The minimum Gasteiger partial charge on any atom is -0.347 e. The maximum absolute atomic E-state index is 13.2. The second-order valence-electron chi connectivity index (χ2n) is 8.98. The highest BCUT2D eigenvalue weighted by molar-refractivity contribution is 6.03. The molecular formula is C23H28N4O5. The van der Waals surface area contributed by atoms with E-state index in [0.717, 1.165) is 10.9 Å². The fraction of sp³-hybridized carbons (Fsp3) is 0.522. The van der Waals surface area contributed by atoms with E-state index >= 15 is 0 Å². The molecule has 1 aromatic carbocycles. The van der Waals surface area contributed by atoms with Crippen LogP contribution < -0.4 is 5.32 Å². The van der Waals surface area contributed by atoms with Crippen molar-refractivity contribution in [3.8, 4) is 0 Å². The average molecular weight is 441 g/mol. The SMILES string of the molecule is CN1C(=O)c2cc3ccccc3n2C[C@]1(C)C(=O)NCC(=O)N1CCC2(CC1)OCCO2. The smallest absolute Gasteiger partial charge is 0.271 e. The number of likely N-dealkylation sites (tertiary alicyclic amines) is 1. The quantitative estimate of drug-likeness (QED) is 0.768. The fourth-order valence-electron chi connectivity index (χ4n) is 4.93. The number of fused-ring (bicyclic) bond motifs is 3. The molecule has 0 aliphatic carbocycles. The van der Waals surface area contributed by atoms with Crippen LogP contribution in [0.2, 0.25) is 0 Å². The first kappa shape index (κ1) is 21.0. The van der Waals surface area contributed by atoms with Crippen molar-refractivity contribution in [2.45, 2.75) is 37.6 Å². The zero-order valence-electron chi connectivity index (χ0n) is 18.4. The van der Waals surface area contributed by atoms with Crippen molar-refractivity contribution < 1.29 is 23.9 Å². The summed E-state index contributed by atoms with van der Waals surface area (Å²) in [4.78, 5) is 42.2. The van der Waals surface area contributed by atoms with Gasteiger partial charge in [-0.2, -0.15) is 0 Å². The van der Waals surface area contributed by atoms with Crippen molar-refractivity contribution in [3.63, 3.8) is 0 Å². The molecule has 1 atom stereocenters. The van der Waals surface area contributed by atoms with E-state index in [9.17, 15) is 14.4 Å². The minimum absolute atomic E-state index is 0.107. The van der Waals surface area contributed by atoms with Gasteiger partial charge in [0.25, 0.3) is 5.91 Å². The first-order valence-corrected chi connectivity index (χ1v) is 11.0. The number of nitrogens with zero attached hydrogens (tertiary/aromatic N) is 3. The van der Waals surface area contributed by atoms with E-state index < -0.39 is 11.3 Å². The van der Waals surface area contributed by atoms with Gasteiger partial charge in [-0.1, -0.05) is 18.2 Å². The number of rotatable bonds is 3. The summed E-state index contributed by atoms with van der Waals surface area (Å²) in [6.45, 7) is 4.19. The number of hydrogen-bond acceptors (Lipinski definition) is 5. The minimum atomic E-state index is -1.11. The Hall–Kier alpha value is -2.91. The van der Waals surface area contributed by atoms with E-state index in [-0.39, 0.29) is 24.3 Å². The standard InChI is InChI=1S/C23H28N4O5/c1-22(15-27-17-6-4-3-5-16(17)13-18(27)20(29)25(22)2)21(30)24-14-19(28)26-9-7-23(8-10-26)31-11-12-32-23/h3-6,13H,7-12,14-15H2,1-2H3,(H,24,30)/t22-/m1/s1. The number of piperidine rings is 1.